The lowest BCUT2D eigenvalue weighted by molar-refractivity contribution is -0.136. The second-order valence-electron chi connectivity index (χ2n) is 4.20. The second kappa shape index (κ2) is 5.44. The van der Waals surface area contributed by atoms with Gasteiger partial charge in [-0.3, -0.25) is 4.79 Å². The number of nitrogens with one attached hydrogen (secondary N) is 2. The van der Waals surface area contributed by atoms with E-state index >= 15 is 0 Å². The predicted molar refractivity (Wildman–Crippen MR) is 56.5 cm³/mol. The molecule has 0 aromatic carbocycles. The Bertz CT molecular complexity index is 213. The fourth-order valence-corrected chi connectivity index (χ4v) is 1.37. The molecule has 88 valence electrons. The van der Waals surface area contributed by atoms with E-state index < -0.39 is 0 Å². The SMILES string of the molecule is CC[C@@H](CO)NC(=O)COC1(C)CNC1. The van der Waals surface area contributed by atoms with Crippen molar-refractivity contribution in [2.24, 2.45) is 0 Å². The van der Waals surface area contributed by atoms with Crippen molar-refractivity contribution >= 4 is 5.91 Å². The molecule has 1 atom stereocenters. The number of carbonyl (C=O) groups is 1. The van der Waals surface area contributed by atoms with E-state index in [2.05, 4.69) is 10.6 Å². The molecule has 5 nitrogen and oxygen atoms in total. The monoisotopic (exact) mass is 216 g/mol. The van der Waals surface area contributed by atoms with Crippen molar-refractivity contribution in [3.8, 4) is 0 Å². The standard InChI is InChI=1S/C10H20N2O3/c1-3-8(4-13)12-9(14)5-15-10(2)6-11-7-10/h8,11,13H,3-7H2,1-2H3,(H,12,14)/t8-/m0/s1. The van der Waals surface area contributed by atoms with Gasteiger partial charge in [0.05, 0.1) is 18.2 Å². The fraction of sp³-hybridized carbons (Fsp3) is 0.900. The van der Waals surface area contributed by atoms with Crippen LogP contribution in [0.5, 0.6) is 0 Å². The van der Waals surface area contributed by atoms with Gasteiger partial charge in [0.2, 0.25) is 5.91 Å². The number of hydrogen-bond acceptors (Lipinski definition) is 4. The quantitative estimate of drug-likeness (QED) is 0.546. The molecule has 1 rings (SSSR count). The van der Waals surface area contributed by atoms with Crippen LogP contribution in [0, 0.1) is 0 Å². The van der Waals surface area contributed by atoms with Gasteiger partial charge in [0, 0.05) is 13.1 Å². The highest BCUT2D eigenvalue weighted by Crippen LogP contribution is 2.14. The fourth-order valence-electron chi connectivity index (χ4n) is 1.37. The minimum absolute atomic E-state index is 0.0267. The molecule has 1 heterocycles. The Kier molecular flexibility index (Phi) is 4.50. The number of amides is 1. The van der Waals surface area contributed by atoms with Crippen molar-refractivity contribution in [3.63, 3.8) is 0 Å². The van der Waals surface area contributed by atoms with Gasteiger partial charge in [-0.05, 0) is 13.3 Å². The average Bonchev–Trinajstić information content (AvgIpc) is 2.20. The summed E-state index contributed by atoms with van der Waals surface area (Å²) in [6.07, 6.45) is 0.723. The maximum atomic E-state index is 11.4. The largest absolute Gasteiger partial charge is 0.394 e. The van der Waals surface area contributed by atoms with E-state index in [9.17, 15) is 4.79 Å². The van der Waals surface area contributed by atoms with Gasteiger partial charge in [-0.15, -0.1) is 0 Å². The van der Waals surface area contributed by atoms with Crippen LogP contribution in [-0.4, -0.2) is 49.0 Å². The summed E-state index contributed by atoms with van der Waals surface area (Å²) in [7, 11) is 0. The van der Waals surface area contributed by atoms with Gasteiger partial charge >= 0.3 is 0 Å². The van der Waals surface area contributed by atoms with Crippen LogP contribution in [0.15, 0.2) is 0 Å². The van der Waals surface area contributed by atoms with Crippen LogP contribution < -0.4 is 10.6 Å². The topological polar surface area (TPSA) is 70.6 Å². The Hall–Kier alpha value is -0.650. The molecule has 0 unspecified atom stereocenters. The normalized spacial score (nSPS) is 20.5. The lowest BCUT2D eigenvalue weighted by atomic mass is 10.0. The van der Waals surface area contributed by atoms with E-state index in [-0.39, 0.29) is 30.8 Å². The number of aliphatic hydroxyl groups excluding tert-OH is 1. The third kappa shape index (κ3) is 3.77. The molecule has 0 bridgehead atoms. The smallest absolute Gasteiger partial charge is 0.246 e. The molecule has 1 fully saturated rings. The van der Waals surface area contributed by atoms with E-state index in [1.165, 1.54) is 0 Å². The summed E-state index contributed by atoms with van der Waals surface area (Å²) in [6, 6.07) is -0.159. The molecule has 1 aliphatic heterocycles. The Labute approximate surface area is 90.2 Å². The first-order valence-electron chi connectivity index (χ1n) is 5.34. The van der Waals surface area contributed by atoms with E-state index in [1.54, 1.807) is 0 Å². The van der Waals surface area contributed by atoms with Crippen LogP contribution in [0.4, 0.5) is 0 Å². The highest BCUT2D eigenvalue weighted by Gasteiger charge is 2.33. The molecular weight excluding hydrogens is 196 g/mol. The zero-order chi connectivity index (χ0) is 11.3. The Morgan fingerprint density at radius 2 is 2.33 bits per heavy atom. The predicted octanol–water partition coefficient (Wildman–Crippen LogP) is -0.748. The van der Waals surface area contributed by atoms with Crippen LogP contribution in [0.3, 0.4) is 0 Å². The highest BCUT2D eigenvalue weighted by molar-refractivity contribution is 5.77. The summed E-state index contributed by atoms with van der Waals surface area (Å²) < 4.78 is 5.46. The number of aliphatic hydroxyl groups is 1. The molecule has 3 N–H and O–H groups in total. The molecular formula is C10H20N2O3. The first kappa shape index (κ1) is 12.4. The van der Waals surface area contributed by atoms with Gasteiger partial charge < -0.3 is 20.5 Å². The Balaban J connectivity index is 2.18. The Morgan fingerprint density at radius 1 is 1.67 bits per heavy atom. The number of hydrogen-bond donors (Lipinski definition) is 3. The summed E-state index contributed by atoms with van der Waals surface area (Å²) in [5.41, 5.74) is -0.196. The van der Waals surface area contributed by atoms with Crippen molar-refractivity contribution in [2.75, 3.05) is 26.3 Å². The van der Waals surface area contributed by atoms with E-state index in [0.717, 1.165) is 19.5 Å². The highest BCUT2D eigenvalue weighted by atomic mass is 16.5. The van der Waals surface area contributed by atoms with Crippen molar-refractivity contribution in [2.45, 2.75) is 31.9 Å². The summed E-state index contributed by atoms with van der Waals surface area (Å²) >= 11 is 0. The third-order valence-electron chi connectivity index (χ3n) is 2.63. The maximum Gasteiger partial charge on any atom is 0.246 e. The molecule has 0 radical (unpaired) electrons. The summed E-state index contributed by atoms with van der Waals surface area (Å²) in [4.78, 5) is 11.4. The molecule has 0 aromatic heterocycles. The van der Waals surface area contributed by atoms with E-state index in [4.69, 9.17) is 9.84 Å². The molecule has 0 aromatic rings. The average molecular weight is 216 g/mol. The van der Waals surface area contributed by atoms with Crippen molar-refractivity contribution in [1.82, 2.24) is 10.6 Å². The minimum atomic E-state index is -0.196. The second-order valence-corrected chi connectivity index (χ2v) is 4.20. The molecule has 0 aliphatic carbocycles. The van der Waals surface area contributed by atoms with Crippen molar-refractivity contribution < 1.29 is 14.6 Å². The first-order chi connectivity index (χ1) is 7.09. The molecule has 0 saturated carbocycles. The summed E-state index contributed by atoms with van der Waals surface area (Å²) in [5, 5.41) is 14.7. The van der Waals surface area contributed by atoms with Crippen LogP contribution in [0.1, 0.15) is 20.3 Å². The number of carbonyl (C=O) groups excluding carboxylic acids is 1. The molecule has 1 saturated heterocycles. The number of rotatable bonds is 6. The van der Waals surface area contributed by atoms with Crippen LogP contribution in [-0.2, 0) is 9.53 Å². The van der Waals surface area contributed by atoms with Gasteiger partial charge in [0.15, 0.2) is 0 Å². The molecule has 0 spiro atoms. The zero-order valence-corrected chi connectivity index (χ0v) is 9.38. The van der Waals surface area contributed by atoms with Gasteiger partial charge in [-0.2, -0.15) is 0 Å². The molecule has 1 aliphatic rings. The van der Waals surface area contributed by atoms with Crippen LogP contribution >= 0.6 is 0 Å². The van der Waals surface area contributed by atoms with Gasteiger partial charge in [0.25, 0.3) is 0 Å². The minimum Gasteiger partial charge on any atom is -0.394 e. The van der Waals surface area contributed by atoms with Crippen molar-refractivity contribution in [3.05, 3.63) is 0 Å². The molecule has 1 amide bonds. The van der Waals surface area contributed by atoms with E-state index in [0.29, 0.717) is 0 Å². The lowest BCUT2D eigenvalue weighted by Gasteiger charge is -2.38. The van der Waals surface area contributed by atoms with Gasteiger partial charge in [0.1, 0.15) is 6.61 Å². The number of ether oxygens (including phenoxy) is 1. The van der Waals surface area contributed by atoms with Crippen LogP contribution in [0.25, 0.3) is 0 Å². The maximum absolute atomic E-state index is 11.4. The van der Waals surface area contributed by atoms with Crippen LogP contribution in [0.2, 0.25) is 0 Å². The van der Waals surface area contributed by atoms with Gasteiger partial charge in [-0.1, -0.05) is 6.92 Å². The van der Waals surface area contributed by atoms with Crippen molar-refractivity contribution in [1.29, 1.82) is 0 Å². The summed E-state index contributed by atoms with van der Waals surface area (Å²) in [6.45, 7) is 5.50. The first-order valence-corrected chi connectivity index (χ1v) is 5.34. The summed E-state index contributed by atoms with van der Waals surface area (Å²) in [5.74, 6) is -0.163. The molecule has 5 heteroatoms. The van der Waals surface area contributed by atoms with E-state index in [1.807, 2.05) is 13.8 Å². The Morgan fingerprint density at radius 3 is 2.73 bits per heavy atom. The van der Waals surface area contributed by atoms with Gasteiger partial charge in [-0.25, -0.2) is 0 Å². The zero-order valence-electron chi connectivity index (χ0n) is 9.38. The lowest BCUT2D eigenvalue weighted by Crippen LogP contribution is -2.59. The third-order valence-corrected chi connectivity index (χ3v) is 2.63. The molecule has 15 heavy (non-hydrogen) atoms.